The molecule has 1 N–H and O–H groups in total. The van der Waals surface area contributed by atoms with E-state index in [9.17, 15) is 4.39 Å². The molecule has 0 bridgehead atoms. The molecule has 0 fully saturated rings. The van der Waals surface area contributed by atoms with Crippen molar-refractivity contribution in [2.24, 2.45) is 0 Å². The highest BCUT2D eigenvalue weighted by atomic mass is 32.1. The van der Waals surface area contributed by atoms with Crippen LogP contribution in [0.3, 0.4) is 0 Å². The van der Waals surface area contributed by atoms with Gasteiger partial charge in [-0.1, -0.05) is 19.1 Å². The van der Waals surface area contributed by atoms with Crippen LogP contribution >= 0.6 is 11.7 Å². The molecule has 1 aromatic heterocycles. The van der Waals surface area contributed by atoms with Gasteiger partial charge in [0.25, 0.3) is 0 Å². The van der Waals surface area contributed by atoms with Gasteiger partial charge in [0.15, 0.2) is 11.6 Å². The van der Waals surface area contributed by atoms with Crippen molar-refractivity contribution in [2.45, 2.75) is 25.8 Å². The highest BCUT2D eigenvalue weighted by Crippen LogP contribution is 2.24. The van der Waals surface area contributed by atoms with E-state index in [0.717, 1.165) is 18.7 Å². The van der Waals surface area contributed by atoms with E-state index >= 15 is 0 Å². The van der Waals surface area contributed by atoms with Crippen LogP contribution in [0.1, 0.15) is 30.6 Å². The maximum absolute atomic E-state index is 14.2. The van der Waals surface area contributed by atoms with Crippen molar-refractivity contribution in [2.75, 3.05) is 13.7 Å². The summed E-state index contributed by atoms with van der Waals surface area (Å²) in [5.74, 6) is -0.0327. The second kappa shape index (κ2) is 7.31. The fourth-order valence-corrected chi connectivity index (χ4v) is 2.49. The molecule has 0 spiro atoms. The summed E-state index contributed by atoms with van der Waals surface area (Å²) < 4.78 is 27.5. The third kappa shape index (κ3) is 3.52. The fraction of sp³-hybridized carbons (Fsp3) is 0.429. The smallest absolute Gasteiger partial charge is 0.168 e. The average Bonchev–Trinajstić information content (AvgIpc) is 2.99. The van der Waals surface area contributed by atoms with Gasteiger partial charge in [0.05, 0.1) is 36.8 Å². The van der Waals surface area contributed by atoms with Crippen LogP contribution in [0.15, 0.2) is 24.4 Å². The molecule has 1 atom stereocenters. The molecule has 0 aliphatic carbocycles. The van der Waals surface area contributed by atoms with Crippen molar-refractivity contribution in [3.63, 3.8) is 0 Å². The maximum Gasteiger partial charge on any atom is 0.168 e. The highest BCUT2D eigenvalue weighted by Gasteiger charge is 2.18. The van der Waals surface area contributed by atoms with Gasteiger partial charge in [-0.25, -0.2) is 4.39 Å². The minimum Gasteiger partial charge on any atom is -0.494 e. The molecule has 0 aliphatic heterocycles. The lowest BCUT2D eigenvalue weighted by Crippen LogP contribution is -2.24. The Bertz CT molecular complexity index is 533. The summed E-state index contributed by atoms with van der Waals surface area (Å²) in [6.45, 7) is 2.95. The first-order valence-electron chi connectivity index (χ1n) is 6.58. The second-order valence-electron chi connectivity index (χ2n) is 4.48. The van der Waals surface area contributed by atoms with E-state index in [-0.39, 0.29) is 17.6 Å². The van der Waals surface area contributed by atoms with Gasteiger partial charge >= 0.3 is 0 Å². The molecule has 6 heteroatoms. The van der Waals surface area contributed by atoms with Crippen LogP contribution in [-0.2, 0) is 6.42 Å². The number of halogens is 1. The standard InChI is InChI=1S/C14H18FN3OS/c1-3-7-16-11(12-9-17-20-18-12)8-10-5-4-6-13(19-2)14(10)15/h4-6,9,11,16H,3,7-8H2,1-2H3. The van der Waals surface area contributed by atoms with Gasteiger partial charge in [0.2, 0.25) is 0 Å². The van der Waals surface area contributed by atoms with E-state index in [0.29, 0.717) is 12.0 Å². The van der Waals surface area contributed by atoms with Gasteiger partial charge in [-0.2, -0.15) is 8.75 Å². The molecular formula is C14H18FN3OS. The van der Waals surface area contributed by atoms with Crippen LogP contribution in [-0.4, -0.2) is 22.4 Å². The van der Waals surface area contributed by atoms with Crippen molar-refractivity contribution in [1.82, 2.24) is 14.1 Å². The monoisotopic (exact) mass is 295 g/mol. The Morgan fingerprint density at radius 2 is 2.30 bits per heavy atom. The third-order valence-electron chi connectivity index (χ3n) is 3.06. The normalized spacial score (nSPS) is 12.3. The van der Waals surface area contributed by atoms with Gasteiger partial charge in [0.1, 0.15) is 0 Å². The van der Waals surface area contributed by atoms with Gasteiger partial charge < -0.3 is 10.1 Å². The van der Waals surface area contributed by atoms with Crippen molar-refractivity contribution in [3.8, 4) is 5.75 Å². The fourth-order valence-electron chi connectivity index (χ4n) is 2.02. The van der Waals surface area contributed by atoms with Crippen LogP contribution in [0.25, 0.3) is 0 Å². The minimum atomic E-state index is -0.304. The van der Waals surface area contributed by atoms with Crippen molar-refractivity contribution in [3.05, 3.63) is 41.5 Å². The molecular weight excluding hydrogens is 277 g/mol. The molecule has 0 aliphatic rings. The van der Waals surface area contributed by atoms with Gasteiger partial charge in [-0.3, -0.25) is 0 Å². The molecule has 0 saturated carbocycles. The predicted octanol–water partition coefficient (Wildman–Crippen LogP) is 2.97. The number of benzene rings is 1. The van der Waals surface area contributed by atoms with E-state index in [4.69, 9.17) is 4.74 Å². The Hall–Kier alpha value is -1.53. The van der Waals surface area contributed by atoms with Gasteiger partial charge in [0, 0.05) is 0 Å². The first-order valence-corrected chi connectivity index (χ1v) is 7.31. The Balaban J connectivity index is 2.19. The number of hydrogen-bond acceptors (Lipinski definition) is 5. The zero-order valence-electron chi connectivity index (χ0n) is 11.6. The quantitative estimate of drug-likeness (QED) is 0.853. The topological polar surface area (TPSA) is 47.0 Å². The Morgan fingerprint density at radius 3 is 2.95 bits per heavy atom. The summed E-state index contributed by atoms with van der Waals surface area (Å²) in [5, 5.41) is 3.38. The number of rotatable bonds is 7. The number of aromatic nitrogens is 2. The third-order valence-corrected chi connectivity index (χ3v) is 3.56. The highest BCUT2D eigenvalue weighted by molar-refractivity contribution is 6.99. The van der Waals surface area contributed by atoms with Crippen LogP contribution in [0, 0.1) is 5.82 Å². The molecule has 0 saturated heterocycles. The van der Waals surface area contributed by atoms with Crippen molar-refractivity contribution in [1.29, 1.82) is 0 Å². The molecule has 1 aromatic carbocycles. The Morgan fingerprint density at radius 1 is 1.45 bits per heavy atom. The van der Waals surface area contributed by atoms with E-state index in [1.807, 2.05) is 0 Å². The molecule has 2 aromatic rings. The lowest BCUT2D eigenvalue weighted by Gasteiger charge is -2.17. The molecule has 1 heterocycles. The molecule has 20 heavy (non-hydrogen) atoms. The lowest BCUT2D eigenvalue weighted by molar-refractivity contribution is 0.382. The van der Waals surface area contributed by atoms with Crippen LogP contribution < -0.4 is 10.1 Å². The molecule has 0 amide bonds. The Labute approximate surface area is 122 Å². The molecule has 4 nitrogen and oxygen atoms in total. The van der Waals surface area contributed by atoms with Gasteiger partial charge in [-0.15, -0.1) is 0 Å². The van der Waals surface area contributed by atoms with Gasteiger partial charge in [-0.05, 0) is 31.0 Å². The lowest BCUT2D eigenvalue weighted by atomic mass is 10.0. The average molecular weight is 295 g/mol. The SMILES string of the molecule is CCCNC(Cc1cccc(OC)c1F)c1cnsn1. The van der Waals surface area contributed by atoms with E-state index in [1.165, 1.54) is 18.8 Å². The van der Waals surface area contributed by atoms with Crippen molar-refractivity contribution >= 4 is 11.7 Å². The summed E-state index contributed by atoms with van der Waals surface area (Å²) >= 11 is 1.17. The Kier molecular flexibility index (Phi) is 5.43. The number of ether oxygens (including phenoxy) is 1. The largest absolute Gasteiger partial charge is 0.494 e. The minimum absolute atomic E-state index is 0.0321. The summed E-state index contributed by atoms with van der Waals surface area (Å²) in [6.07, 6.45) is 3.26. The van der Waals surface area contributed by atoms with E-state index in [1.54, 1.807) is 24.4 Å². The summed E-state index contributed by atoms with van der Waals surface area (Å²) in [4.78, 5) is 0. The van der Waals surface area contributed by atoms with Crippen molar-refractivity contribution < 1.29 is 9.13 Å². The molecule has 1 unspecified atom stereocenters. The van der Waals surface area contributed by atoms with Crippen LogP contribution in [0.5, 0.6) is 5.75 Å². The zero-order valence-corrected chi connectivity index (χ0v) is 12.4. The number of nitrogens with one attached hydrogen (secondary N) is 1. The first-order chi connectivity index (χ1) is 9.76. The molecule has 108 valence electrons. The summed E-state index contributed by atoms with van der Waals surface area (Å²) in [5.41, 5.74) is 1.47. The van der Waals surface area contributed by atoms with Crippen LogP contribution in [0.2, 0.25) is 0 Å². The van der Waals surface area contributed by atoms with E-state index in [2.05, 4.69) is 21.0 Å². The predicted molar refractivity (Wildman–Crippen MR) is 77.6 cm³/mol. The number of hydrogen-bond donors (Lipinski definition) is 1. The maximum atomic E-state index is 14.2. The second-order valence-corrected chi connectivity index (χ2v) is 5.03. The number of nitrogens with zero attached hydrogens (tertiary/aromatic N) is 2. The van der Waals surface area contributed by atoms with Crippen LogP contribution in [0.4, 0.5) is 4.39 Å². The first kappa shape index (κ1) is 14.9. The summed E-state index contributed by atoms with van der Waals surface area (Å²) in [7, 11) is 1.47. The molecule has 2 rings (SSSR count). The van der Waals surface area contributed by atoms with E-state index < -0.39 is 0 Å². The summed E-state index contributed by atoms with van der Waals surface area (Å²) in [6, 6.07) is 5.17. The molecule has 0 radical (unpaired) electrons. The number of methoxy groups -OCH3 is 1. The zero-order chi connectivity index (χ0) is 14.4.